The van der Waals surface area contributed by atoms with E-state index in [2.05, 4.69) is 51.5 Å². The Bertz CT molecular complexity index is 1810. The molecule has 1 aliphatic carbocycles. The minimum absolute atomic E-state index is 0.0605. The van der Waals surface area contributed by atoms with Crippen LogP contribution in [0.1, 0.15) is 49.8 Å². The third-order valence-corrected chi connectivity index (χ3v) is 9.50. The molecule has 2 aromatic heterocycles. The summed E-state index contributed by atoms with van der Waals surface area (Å²) >= 11 is 6.53. The second-order valence-corrected chi connectivity index (χ2v) is 12.8. The largest absolute Gasteiger partial charge is 0.369 e. The molecule has 9 nitrogen and oxygen atoms in total. The number of aryl methyl sites for hydroxylation is 2. The Hall–Kier alpha value is -4.02. The zero-order chi connectivity index (χ0) is 31.8. The quantitative estimate of drug-likeness (QED) is 0.270. The SMILES string of the molecule is CC(=O)NC1CCC(n2c(=O)c(-c3cc(F)ccc3Cl)c(C)c3cnc(Nc4ccc(N5CCN(C)CC5)c(C)c4)nc32)CC1. The number of aromatic nitrogens is 3. The molecule has 11 heteroatoms. The fourth-order valence-corrected chi connectivity index (χ4v) is 6.98. The van der Waals surface area contributed by atoms with Crippen LogP contribution in [0.3, 0.4) is 0 Å². The second kappa shape index (κ2) is 12.8. The summed E-state index contributed by atoms with van der Waals surface area (Å²) in [6.07, 6.45) is 4.55. The first-order valence-corrected chi connectivity index (χ1v) is 15.9. The molecule has 0 atom stereocenters. The van der Waals surface area contributed by atoms with Crippen LogP contribution in [0.5, 0.6) is 0 Å². The van der Waals surface area contributed by atoms with Crippen molar-refractivity contribution in [3.05, 3.63) is 74.9 Å². The van der Waals surface area contributed by atoms with E-state index < -0.39 is 5.82 Å². The van der Waals surface area contributed by atoms with Crippen molar-refractivity contribution >= 4 is 45.9 Å². The maximum absolute atomic E-state index is 14.4. The van der Waals surface area contributed by atoms with Crippen molar-refractivity contribution in [2.75, 3.05) is 43.4 Å². The number of carbonyl (C=O) groups is 1. The van der Waals surface area contributed by atoms with Gasteiger partial charge in [-0.3, -0.25) is 14.2 Å². The first-order valence-electron chi connectivity index (χ1n) is 15.5. The number of likely N-dealkylation sites (N-methyl/N-ethyl adjacent to an activating group) is 1. The molecule has 45 heavy (non-hydrogen) atoms. The smallest absolute Gasteiger partial charge is 0.260 e. The monoisotopic (exact) mass is 631 g/mol. The van der Waals surface area contributed by atoms with Gasteiger partial charge in [0.25, 0.3) is 5.56 Å². The average Bonchev–Trinajstić information content (AvgIpc) is 3.00. The van der Waals surface area contributed by atoms with Crippen molar-refractivity contribution in [1.82, 2.24) is 24.8 Å². The van der Waals surface area contributed by atoms with Gasteiger partial charge in [-0.2, -0.15) is 4.98 Å². The molecule has 236 valence electrons. The van der Waals surface area contributed by atoms with Crippen molar-refractivity contribution in [2.45, 2.75) is 58.5 Å². The van der Waals surface area contributed by atoms with Crippen molar-refractivity contribution in [1.29, 1.82) is 0 Å². The third kappa shape index (κ3) is 6.39. The van der Waals surface area contributed by atoms with Crippen molar-refractivity contribution in [3.63, 3.8) is 0 Å². The van der Waals surface area contributed by atoms with Gasteiger partial charge in [-0.05, 0) is 94.1 Å². The summed E-state index contributed by atoms with van der Waals surface area (Å²) in [7, 11) is 2.15. The number of anilines is 3. The number of hydrogen-bond acceptors (Lipinski definition) is 7. The molecule has 3 heterocycles. The molecule has 1 saturated heterocycles. The van der Waals surface area contributed by atoms with Gasteiger partial charge in [0.1, 0.15) is 11.5 Å². The Morgan fingerprint density at radius 3 is 2.44 bits per heavy atom. The molecule has 0 radical (unpaired) electrons. The molecule has 0 bridgehead atoms. The molecule has 4 aromatic rings. The highest BCUT2D eigenvalue weighted by molar-refractivity contribution is 6.33. The van der Waals surface area contributed by atoms with Gasteiger partial charge in [0.05, 0.1) is 5.56 Å². The molecule has 6 rings (SSSR count). The van der Waals surface area contributed by atoms with E-state index in [-0.39, 0.29) is 23.6 Å². The number of halogens is 2. The van der Waals surface area contributed by atoms with Gasteiger partial charge < -0.3 is 20.4 Å². The summed E-state index contributed by atoms with van der Waals surface area (Å²) in [4.78, 5) is 40.3. The van der Waals surface area contributed by atoms with Crippen LogP contribution >= 0.6 is 11.6 Å². The number of amides is 1. The maximum Gasteiger partial charge on any atom is 0.260 e. The minimum atomic E-state index is -0.472. The predicted molar refractivity (Wildman–Crippen MR) is 178 cm³/mol. The van der Waals surface area contributed by atoms with Crippen LogP contribution in [0.25, 0.3) is 22.2 Å². The van der Waals surface area contributed by atoms with Gasteiger partial charge in [-0.1, -0.05) is 11.6 Å². The first kappa shape index (κ1) is 31.0. The molecule has 1 saturated carbocycles. The van der Waals surface area contributed by atoms with Crippen molar-refractivity contribution in [3.8, 4) is 11.1 Å². The first-order chi connectivity index (χ1) is 21.6. The summed E-state index contributed by atoms with van der Waals surface area (Å²) in [5.41, 5.74) is 4.81. The molecule has 2 fully saturated rings. The standard InChI is InChI=1S/C34H39ClFN7O2/c1-20-17-25(8-12-30(20)42-15-13-41(4)14-16-42)39-34-37-19-28-21(2)31(27-18-23(36)5-11-29(27)35)33(45)43(32(28)40-34)26-9-6-24(7-10-26)38-22(3)44/h5,8,11-12,17-19,24,26H,6-7,9-10,13-16H2,1-4H3,(H,38,44)(H,37,39,40). The Morgan fingerprint density at radius 2 is 1.76 bits per heavy atom. The number of nitrogens with one attached hydrogen (secondary N) is 2. The Morgan fingerprint density at radius 1 is 1.02 bits per heavy atom. The van der Waals surface area contributed by atoms with E-state index in [1.165, 1.54) is 30.8 Å². The van der Waals surface area contributed by atoms with Crippen molar-refractivity contribution < 1.29 is 9.18 Å². The number of benzene rings is 2. The van der Waals surface area contributed by atoms with Gasteiger partial charge in [0.15, 0.2) is 0 Å². The van der Waals surface area contributed by atoms with Gasteiger partial charge in [-0.25, -0.2) is 9.37 Å². The van der Waals surface area contributed by atoms with E-state index in [1.807, 2.05) is 13.0 Å². The number of fused-ring (bicyclic) bond motifs is 1. The maximum atomic E-state index is 14.4. The second-order valence-electron chi connectivity index (χ2n) is 12.4. The third-order valence-electron chi connectivity index (χ3n) is 9.17. The molecule has 0 unspecified atom stereocenters. The number of carbonyl (C=O) groups excluding carboxylic acids is 1. The number of pyridine rings is 1. The normalized spacial score (nSPS) is 19.1. The summed E-state index contributed by atoms with van der Waals surface area (Å²) in [6, 6.07) is 10.2. The zero-order valence-electron chi connectivity index (χ0n) is 26.2. The van der Waals surface area contributed by atoms with Gasteiger partial charge in [-0.15, -0.1) is 0 Å². The van der Waals surface area contributed by atoms with Gasteiger partial charge in [0, 0.05) is 78.7 Å². The summed E-state index contributed by atoms with van der Waals surface area (Å²) in [5, 5.41) is 7.35. The molecular formula is C34H39ClFN7O2. The number of piperazine rings is 1. The van der Waals surface area contributed by atoms with Crippen LogP contribution in [-0.4, -0.2) is 64.6 Å². The van der Waals surface area contributed by atoms with E-state index in [0.717, 1.165) is 50.3 Å². The predicted octanol–water partition coefficient (Wildman–Crippen LogP) is 5.98. The highest BCUT2D eigenvalue weighted by Gasteiger charge is 2.28. The van der Waals surface area contributed by atoms with Gasteiger partial charge in [0.2, 0.25) is 11.9 Å². The van der Waals surface area contributed by atoms with E-state index in [0.29, 0.717) is 51.5 Å². The molecule has 1 amide bonds. The number of rotatable bonds is 6. The van der Waals surface area contributed by atoms with Crippen LogP contribution < -0.4 is 21.1 Å². The highest BCUT2D eigenvalue weighted by atomic mass is 35.5. The number of nitrogens with zero attached hydrogens (tertiary/aromatic N) is 5. The lowest BCUT2D eigenvalue weighted by molar-refractivity contribution is -0.119. The molecule has 0 spiro atoms. The molecular weight excluding hydrogens is 593 g/mol. The Balaban J connectivity index is 1.39. The van der Waals surface area contributed by atoms with E-state index in [1.54, 1.807) is 10.8 Å². The highest BCUT2D eigenvalue weighted by Crippen LogP contribution is 2.36. The average molecular weight is 632 g/mol. The molecule has 2 aromatic carbocycles. The van der Waals surface area contributed by atoms with E-state index in [4.69, 9.17) is 16.6 Å². The lowest BCUT2D eigenvalue weighted by atomic mass is 9.90. The van der Waals surface area contributed by atoms with Crippen LogP contribution in [0.2, 0.25) is 5.02 Å². The summed E-state index contributed by atoms with van der Waals surface area (Å²) in [5.74, 6) is -0.152. The lowest BCUT2D eigenvalue weighted by Gasteiger charge is -2.35. The van der Waals surface area contributed by atoms with Gasteiger partial charge >= 0.3 is 0 Å². The van der Waals surface area contributed by atoms with Crippen molar-refractivity contribution in [2.24, 2.45) is 0 Å². The summed E-state index contributed by atoms with van der Waals surface area (Å²) < 4.78 is 16.1. The Labute approximate surface area is 267 Å². The van der Waals surface area contributed by atoms with E-state index >= 15 is 0 Å². The fourth-order valence-electron chi connectivity index (χ4n) is 6.77. The Kier molecular flexibility index (Phi) is 8.79. The number of hydrogen-bond donors (Lipinski definition) is 2. The minimum Gasteiger partial charge on any atom is -0.369 e. The molecule has 2 N–H and O–H groups in total. The van der Waals surface area contributed by atoms with Crippen LogP contribution in [-0.2, 0) is 4.79 Å². The zero-order valence-corrected chi connectivity index (χ0v) is 26.9. The van der Waals surface area contributed by atoms with E-state index in [9.17, 15) is 14.0 Å². The molecule has 1 aliphatic heterocycles. The fraction of sp³-hybridized carbons (Fsp3) is 0.412. The van der Waals surface area contributed by atoms with Crippen LogP contribution in [0.15, 0.2) is 47.4 Å². The topological polar surface area (TPSA) is 95.4 Å². The van der Waals surface area contributed by atoms with Crippen LogP contribution in [0, 0.1) is 19.7 Å². The summed E-state index contributed by atoms with van der Waals surface area (Å²) in [6.45, 7) is 9.51. The van der Waals surface area contributed by atoms with Crippen LogP contribution in [0.4, 0.5) is 21.7 Å². The molecule has 2 aliphatic rings. The lowest BCUT2D eigenvalue weighted by Crippen LogP contribution is -2.44.